The Morgan fingerprint density at radius 2 is 1.77 bits per heavy atom. The summed E-state index contributed by atoms with van der Waals surface area (Å²) in [6, 6.07) is 14.6. The molecule has 2 fully saturated rings. The van der Waals surface area contributed by atoms with Gasteiger partial charge in [-0.05, 0) is 36.6 Å². The van der Waals surface area contributed by atoms with E-state index in [2.05, 4.69) is 15.0 Å². The molecule has 60 heavy (non-hydrogen) atoms. The predicted octanol–water partition coefficient (Wildman–Crippen LogP) is 0.267. The van der Waals surface area contributed by atoms with Crippen molar-refractivity contribution in [2.24, 2.45) is 26.6 Å². The zero-order valence-corrected chi connectivity index (χ0v) is 31.7. The lowest BCUT2D eigenvalue weighted by atomic mass is 9.62. The number of rotatable bonds is 8. The van der Waals surface area contributed by atoms with E-state index in [9.17, 15) is 44.7 Å². The van der Waals surface area contributed by atoms with E-state index < -0.39 is 78.3 Å². The first kappa shape index (κ1) is 39.3. The Labute approximate surface area is 340 Å². The molecule has 6 aliphatic rings. The SMILES string of the molecule is NC1=NC(=O)C2=NCN(c3ccccc3[C@@H]3/C=C\OC[C@@H]4O[C@H](Oc5c3cc3c(c5OC[C@H](O)CC=O)C(=O)c5ccccc5C3=O)[C@]3(O)[C@@H](CO)CC[C@@]4(O)[C@H]3O)C2=N1. The number of ether oxygens (including phenoxy) is 4. The number of ketones is 2. The number of nitrogens with two attached hydrogens (primary N) is 1. The number of aliphatic imine (C=N–C) groups is 3. The number of fused-ring (bicyclic) bond motifs is 10. The molecular weight excluding hydrogens is 782 g/mol. The van der Waals surface area contributed by atoms with Gasteiger partial charge in [0.2, 0.25) is 12.2 Å². The molecule has 8 atom stereocenters. The number of aldehydes is 1. The highest BCUT2D eigenvalue weighted by Gasteiger charge is 2.69. The Kier molecular flexibility index (Phi) is 9.72. The summed E-state index contributed by atoms with van der Waals surface area (Å²) in [5, 5.41) is 57.4. The monoisotopic (exact) mass is 821 g/mol. The number of carbonyl (C=O) groups is 4. The van der Waals surface area contributed by atoms with Crippen molar-refractivity contribution in [3.63, 3.8) is 0 Å². The van der Waals surface area contributed by atoms with Crippen LogP contribution in [0.2, 0.25) is 0 Å². The maximum absolute atomic E-state index is 14.6. The van der Waals surface area contributed by atoms with Crippen LogP contribution in [0.25, 0.3) is 0 Å². The highest BCUT2D eigenvalue weighted by molar-refractivity contribution is 6.72. The molecule has 4 aliphatic heterocycles. The number of hydrogen-bond acceptors (Lipinski definition) is 17. The summed E-state index contributed by atoms with van der Waals surface area (Å²) in [7, 11) is 0. The summed E-state index contributed by atoms with van der Waals surface area (Å²) in [6.45, 7) is -1.62. The number of amidine groups is 1. The largest absolute Gasteiger partial charge is 0.499 e. The van der Waals surface area contributed by atoms with Gasteiger partial charge in [0.15, 0.2) is 40.2 Å². The van der Waals surface area contributed by atoms with Crippen LogP contribution in [0.5, 0.6) is 11.5 Å². The molecule has 1 amide bonds. The third-order valence-electron chi connectivity index (χ3n) is 12.1. The number of amides is 1. The summed E-state index contributed by atoms with van der Waals surface area (Å²) in [5.41, 5.74) is 2.23. The molecule has 3 aromatic rings. The molecule has 1 saturated heterocycles. The van der Waals surface area contributed by atoms with E-state index in [4.69, 9.17) is 24.7 Å². The molecule has 4 heterocycles. The van der Waals surface area contributed by atoms with Crippen molar-refractivity contribution in [2.75, 3.05) is 31.4 Å². The minimum Gasteiger partial charge on any atom is -0.499 e. The summed E-state index contributed by atoms with van der Waals surface area (Å²) in [4.78, 5) is 67.3. The second kappa shape index (κ2) is 14.8. The average molecular weight is 822 g/mol. The molecule has 0 aromatic heterocycles. The van der Waals surface area contributed by atoms with Gasteiger partial charge in [-0.3, -0.25) is 19.4 Å². The van der Waals surface area contributed by atoms with E-state index in [1.54, 1.807) is 47.4 Å². The molecule has 18 nitrogen and oxygen atoms in total. The number of benzene rings is 3. The Morgan fingerprint density at radius 3 is 2.53 bits per heavy atom. The van der Waals surface area contributed by atoms with Gasteiger partial charge in [-0.1, -0.05) is 42.5 Å². The lowest BCUT2D eigenvalue weighted by Gasteiger charge is -2.59. The second-order valence-electron chi connectivity index (χ2n) is 15.4. The summed E-state index contributed by atoms with van der Waals surface area (Å²) >= 11 is 0. The van der Waals surface area contributed by atoms with Crippen LogP contribution in [0.4, 0.5) is 5.69 Å². The Morgan fingerprint density at radius 1 is 1.02 bits per heavy atom. The molecule has 1 saturated carbocycles. The van der Waals surface area contributed by atoms with Crippen molar-refractivity contribution in [3.8, 4) is 11.5 Å². The molecule has 0 unspecified atom stereocenters. The summed E-state index contributed by atoms with van der Waals surface area (Å²) < 4.78 is 25.3. The first-order chi connectivity index (χ1) is 28.9. The zero-order valence-electron chi connectivity index (χ0n) is 31.7. The van der Waals surface area contributed by atoms with Gasteiger partial charge in [-0.2, -0.15) is 9.98 Å². The normalized spacial score (nSPS) is 30.1. The van der Waals surface area contributed by atoms with Crippen LogP contribution in [0, 0.1) is 5.92 Å². The molecule has 2 aliphatic carbocycles. The molecular formula is C42H39N5O13. The van der Waals surface area contributed by atoms with Crippen molar-refractivity contribution >= 4 is 47.0 Å². The van der Waals surface area contributed by atoms with Gasteiger partial charge >= 0.3 is 5.91 Å². The Bertz CT molecular complexity index is 2470. The number of para-hydroxylation sites is 1. The lowest BCUT2D eigenvalue weighted by molar-refractivity contribution is -0.381. The van der Waals surface area contributed by atoms with Crippen LogP contribution < -0.4 is 20.1 Å². The lowest BCUT2D eigenvalue weighted by Crippen LogP contribution is -2.78. The van der Waals surface area contributed by atoms with Crippen molar-refractivity contribution in [2.45, 2.75) is 61.0 Å². The highest BCUT2D eigenvalue weighted by Crippen LogP contribution is 2.53. The molecule has 3 aromatic carbocycles. The van der Waals surface area contributed by atoms with E-state index in [1.165, 1.54) is 24.5 Å². The van der Waals surface area contributed by atoms with Gasteiger partial charge in [0, 0.05) is 52.8 Å². The second-order valence-corrected chi connectivity index (χ2v) is 15.4. The topological polar surface area (TPSA) is 273 Å². The van der Waals surface area contributed by atoms with Crippen LogP contribution in [0.15, 0.2) is 81.9 Å². The molecule has 7 N–H and O–H groups in total. The summed E-state index contributed by atoms with van der Waals surface area (Å²) in [5.74, 6) is -4.74. The predicted molar refractivity (Wildman–Crippen MR) is 209 cm³/mol. The summed E-state index contributed by atoms with van der Waals surface area (Å²) in [6.07, 6.45) is -3.48. The molecule has 310 valence electrons. The minimum absolute atomic E-state index is 0.0100. The molecule has 0 spiro atoms. The molecule has 9 rings (SSSR count). The average Bonchev–Trinajstić information content (AvgIpc) is 3.65. The minimum atomic E-state index is -2.47. The third kappa shape index (κ3) is 5.97. The highest BCUT2D eigenvalue weighted by atomic mass is 16.7. The Balaban J connectivity index is 1.31. The molecule has 4 bridgehead atoms. The number of aliphatic hydroxyl groups is 5. The number of guanidine groups is 1. The third-order valence-corrected chi connectivity index (χ3v) is 12.1. The van der Waals surface area contributed by atoms with Gasteiger partial charge in [-0.25, -0.2) is 0 Å². The number of aliphatic hydroxyl groups excluding tert-OH is 3. The zero-order chi connectivity index (χ0) is 42.1. The standard InChI is InChI=1S/C42H39N5O13/c43-40-45-36-31(37(53)46-40)44-19-47(36)28-8-4-3-5-23(28)22-11-14-57-18-29-41(55)12-9-20(16-49)42(56,38(41)54)39(59-29)60-34-26(22)15-27-30(35(34)58-17-21(50)10-13-48)33(52)25-7-2-1-6-24(25)32(27)51/h1-8,11,13-15,20-22,29,38-39,49-50,54-56H,9-10,12,16-19H2,(H2,43,46,53)/b14-11-/t20-,21-,22+,29+,38-,39-,41+,42+/m1/s1. The number of hydrogen-bond donors (Lipinski definition) is 6. The van der Waals surface area contributed by atoms with Crippen LogP contribution in [0.3, 0.4) is 0 Å². The first-order valence-corrected chi connectivity index (χ1v) is 19.3. The van der Waals surface area contributed by atoms with E-state index in [1.807, 2.05) is 0 Å². The van der Waals surface area contributed by atoms with Crippen LogP contribution >= 0.6 is 0 Å². The maximum atomic E-state index is 14.6. The number of nitrogens with zero attached hydrogens (tertiary/aromatic N) is 4. The van der Waals surface area contributed by atoms with Crippen molar-refractivity contribution in [3.05, 3.63) is 100 Å². The van der Waals surface area contributed by atoms with Gasteiger partial charge in [0.1, 0.15) is 44.0 Å². The fraction of sp³-hybridized carbons (Fsp3) is 0.357. The van der Waals surface area contributed by atoms with Gasteiger partial charge in [0.25, 0.3) is 0 Å². The maximum Gasteiger partial charge on any atom is 0.302 e. The number of allylic oxidation sites excluding steroid dienone is 1. The van der Waals surface area contributed by atoms with Gasteiger partial charge in [0.05, 0.1) is 17.9 Å². The van der Waals surface area contributed by atoms with Crippen LogP contribution in [0.1, 0.15) is 68.2 Å². The Hall–Kier alpha value is -6.15. The van der Waals surface area contributed by atoms with Crippen LogP contribution in [-0.2, 0) is 19.1 Å². The van der Waals surface area contributed by atoms with Crippen molar-refractivity contribution in [1.82, 2.24) is 0 Å². The quantitative estimate of drug-likeness (QED) is 0.130. The van der Waals surface area contributed by atoms with E-state index >= 15 is 0 Å². The van der Waals surface area contributed by atoms with Gasteiger partial charge < -0.3 is 59.9 Å². The van der Waals surface area contributed by atoms with Crippen LogP contribution in [-0.4, -0.2) is 129 Å². The fourth-order valence-electron chi connectivity index (χ4n) is 8.97. The van der Waals surface area contributed by atoms with E-state index in [0.29, 0.717) is 17.5 Å². The fourth-order valence-corrected chi connectivity index (χ4v) is 8.97. The van der Waals surface area contributed by atoms with E-state index in [0.717, 1.165) is 0 Å². The van der Waals surface area contributed by atoms with E-state index in [-0.39, 0.29) is 89.4 Å². The van der Waals surface area contributed by atoms with Crippen molar-refractivity contribution in [1.29, 1.82) is 0 Å². The smallest absolute Gasteiger partial charge is 0.302 e. The molecule has 0 radical (unpaired) electrons. The first-order valence-electron chi connectivity index (χ1n) is 19.3. The number of carbonyl (C=O) groups excluding carboxylic acids is 4. The van der Waals surface area contributed by atoms with Gasteiger partial charge in [-0.15, -0.1) is 0 Å². The van der Waals surface area contributed by atoms with Crippen molar-refractivity contribution < 1.29 is 63.7 Å². The molecule has 18 heteroatoms. The number of anilines is 1.